The van der Waals surface area contributed by atoms with Crippen LogP contribution in [0.5, 0.6) is 0 Å². The van der Waals surface area contributed by atoms with E-state index >= 15 is 0 Å². The van der Waals surface area contributed by atoms with E-state index in [1.54, 1.807) is 0 Å². The molecule has 0 aliphatic heterocycles. The second kappa shape index (κ2) is 8.95. The average molecular weight is 305 g/mol. The van der Waals surface area contributed by atoms with Crippen LogP contribution in [0.25, 0.3) is 0 Å². The molecule has 2 aromatic carbocycles. The Morgan fingerprint density at radius 2 is 1.77 bits per heavy atom. The Kier molecular flexibility index (Phi) is 6.58. The number of aryl methyl sites for hydroxylation is 1. The summed E-state index contributed by atoms with van der Waals surface area (Å²) < 4.78 is 0. The number of thiocarbonyl (C=S) groups is 1. The molecule has 1 nitrogen and oxygen atoms in total. The van der Waals surface area contributed by atoms with E-state index in [2.05, 4.69) is 35.0 Å². The highest BCUT2D eigenvalue weighted by molar-refractivity contribution is 7.78. The van der Waals surface area contributed by atoms with Gasteiger partial charge in [0.25, 0.3) is 0 Å². The van der Waals surface area contributed by atoms with Crippen LogP contribution in [0.2, 0.25) is 0 Å². The van der Waals surface area contributed by atoms with Crippen molar-refractivity contribution in [3.63, 3.8) is 0 Å². The van der Waals surface area contributed by atoms with Gasteiger partial charge in [0.2, 0.25) is 0 Å². The first-order valence-electron chi connectivity index (χ1n) is 7.62. The first-order chi connectivity index (χ1) is 10.8. The molecule has 0 aromatic heterocycles. The quantitative estimate of drug-likeness (QED) is 0.305. The largest absolute Gasteiger partial charge is 0.193 e. The predicted molar refractivity (Wildman–Crippen MR) is 96.8 cm³/mol. The van der Waals surface area contributed by atoms with E-state index in [0.717, 1.165) is 29.7 Å². The summed E-state index contributed by atoms with van der Waals surface area (Å²) in [5.74, 6) is 6.40. The Morgan fingerprint density at radius 3 is 2.50 bits per heavy atom. The minimum Gasteiger partial charge on any atom is -0.193 e. The summed E-state index contributed by atoms with van der Waals surface area (Å²) in [6.07, 6.45) is 4.59. The number of nitrogens with zero attached hydrogens (tertiary/aromatic N) is 1. The number of hydrogen-bond acceptors (Lipinski definition) is 2. The van der Waals surface area contributed by atoms with Crippen LogP contribution >= 0.6 is 12.2 Å². The number of hydrogen-bond donors (Lipinski definition) is 0. The summed E-state index contributed by atoms with van der Waals surface area (Å²) >= 11 is 4.80. The third kappa shape index (κ3) is 4.67. The van der Waals surface area contributed by atoms with Crippen LogP contribution in [0, 0.1) is 11.8 Å². The van der Waals surface area contributed by atoms with E-state index in [1.807, 2.05) is 42.5 Å². The monoisotopic (exact) mass is 305 g/mol. The van der Waals surface area contributed by atoms with Gasteiger partial charge in [-0.3, -0.25) is 0 Å². The van der Waals surface area contributed by atoms with Gasteiger partial charge in [0.05, 0.1) is 16.4 Å². The zero-order valence-electron chi connectivity index (χ0n) is 12.8. The highest BCUT2D eigenvalue weighted by Gasteiger charge is 2.05. The summed E-state index contributed by atoms with van der Waals surface area (Å²) in [6, 6.07) is 16.1. The maximum absolute atomic E-state index is 4.80. The van der Waals surface area contributed by atoms with Crippen molar-refractivity contribution in [2.24, 2.45) is 4.99 Å². The lowest BCUT2D eigenvalue weighted by Crippen LogP contribution is -1.89. The van der Waals surface area contributed by atoms with Crippen molar-refractivity contribution in [3.8, 4) is 11.8 Å². The third-order valence-electron chi connectivity index (χ3n) is 3.44. The minimum atomic E-state index is 0.872. The number of isothiocyanates is 1. The smallest absolute Gasteiger partial charge is 0.0927 e. The fourth-order valence-corrected chi connectivity index (χ4v) is 2.39. The topological polar surface area (TPSA) is 12.4 Å². The lowest BCUT2D eigenvalue weighted by atomic mass is 10.0. The van der Waals surface area contributed by atoms with Crippen molar-refractivity contribution in [1.29, 1.82) is 0 Å². The molecule has 0 N–H and O–H groups in total. The Bertz CT molecular complexity index is 716. The van der Waals surface area contributed by atoms with Gasteiger partial charge in [-0.15, -0.1) is 0 Å². The number of benzene rings is 2. The van der Waals surface area contributed by atoms with Crippen molar-refractivity contribution in [2.75, 3.05) is 0 Å². The van der Waals surface area contributed by atoms with Crippen molar-refractivity contribution >= 4 is 23.1 Å². The van der Waals surface area contributed by atoms with Gasteiger partial charge in [-0.1, -0.05) is 61.9 Å². The Morgan fingerprint density at radius 1 is 0.955 bits per heavy atom. The van der Waals surface area contributed by atoms with Gasteiger partial charge >= 0.3 is 0 Å². The molecule has 0 saturated heterocycles. The molecule has 0 aliphatic rings. The van der Waals surface area contributed by atoms with Crippen molar-refractivity contribution in [1.82, 2.24) is 0 Å². The molecule has 0 spiro atoms. The lowest BCUT2D eigenvalue weighted by Gasteiger charge is -2.06. The highest BCUT2D eigenvalue weighted by atomic mass is 32.1. The van der Waals surface area contributed by atoms with Gasteiger partial charge in [0.1, 0.15) is 0 Å². The summed E-state index contributed by atoms with van der Waals surface area (Å²) in [7, 11) is 0. The number of unbranched alkanes of at least 4 members (excludes halogenated alkanes) is 2. The molecule has 0 unspecified atom stereocenters. The maximum atomic E-state index is 4.80. The first kappa shape index (κ1) is 16.2. The zero-order chi connectivity index (χ0) is 15.6. The standard InChI is InChI=1S/C20H19NS/c1-2-3-5-11-18-12-8-13-19(20(18)21-16-22)15-14-17-9-6-4-7-10-17/h4,6-10,12-13H,2-3,5,11H2,1H3. The van der Waals surface area contributed by atoms with Crippen molar-refractivity contribution in [3.05, 3.63) is 65.2 Å². The molecule has 0 fully saturated rings. The van der Waals surface area contributed by atoms with Gasteiger partial charge in [-0.05, 0) is 48.8 Å². The summed E-state index contributed by atoms with van der Waals surface area (Å²) in [4.78, 5) is 4.26. The Labute approximate surface area is 138 Å². The van der Waals surface area contributed by atoms with Gasteiger partial charge in [-0.2, -0.15) is 4.99 Å². The Hall–Kier alpha value is -2.20. The van der Waals surface area contributed by atoms with Gasteiger partial charge in [0, 0.05) is 5.56 Å². The van der Waals surface area contributed by atoms with Crippen LogP contribution in [-0.4, -0.2) is 5.16 Å². The lowest BCUT2D eigenvalue weighted by molar-refractivity contribution is 0.718. The molecule has 0 bridgehead atoms. The average Bonchev–Trinajstić information content (AvgIpc) is 2.56. The van der Waals surface area contributed by atoms with E-state index in [4.69, 9.17) is 12.2 Å². The molecule has 2 rings (SSSR count). The molecule has 0 atom stereocenters. The SMILES string of the molecule is CCCCCc1cccc(C#Cc2ccccc2)c1N=C=S. The first-order valence-corrected chi connectivity index (χ1v) is 8.02. The van der Waals surface area contributed by atoms with Gasteiger partial charge in [0.15, 0.2) is 0 Å². The van der Waals surface area contributed by atoms with Crippen LogP contribution in [0.1, 0.15) is 42.9 Å². The van der Waals surface area contributed by atoms with Crippen LogP contribution < -0.4 is 0 Å². The number of para-hydroxylation sites is 1. The van der Waals surface area contributed by atoms with E-state index in [0.29, 0.717) is 0 Å². The highest BCUT2D eigenvalue weighted by Crippen LogP contribution is 2.25. The fourth-order valence-electron chi connectivity index (χ4n) is 2.30. The van der Waals surface area contributed by atoms with Crippen LogP contribution in [0.3, 0.4) is 0 Å². The number of aliphatic imine (C=N–C) groups is 1. The van der Waals surface area contributed by atoms with E-state index < -0.39 is 0 Å². The molecular weight excluding hydrogens is 286 g/mol. The van der Waals surface area contributed by atoms with Crippen molar-refractivity contribution < 1.29 is 0 Å². The van der Waals surface area contributed by atoms with Crippen molar-refractivity contribution in [2.45, 2.75) is 32.6 Å². The van der Waals surface area contributed by atoms with Crippen LogP contribution in [-0.2, 0) is 6.42 Å². The molecule has 110 valence electrons. The minimum absolute atomic E-state index is 0.872. The van der Waals surface area contributed by atoms with Crippen LogP contribution in [0.15, 0.2) is 53.5 Å². The van der Waals surface area contributed by atoms with E-state index in [1.165, 1.54) is 18.4 Å². The van der Waals surface area contributed by atoms with Gasteiger partial charge in [-0.25, -0.2) is 0 Å². The summed E-state index contributed by atoms with van der Waals surface area (Å²) in [6.45, 7) is 2.21. The molecule has 22 heavy (non-hydrogen) atoms. The second-order valence-corrected chi connectivity index (χ2v) is 5.27. The number of rotatable bonds is 5. The molecule has 2 aromatic rings. The molecule has 0 saturated carbocycles. The van der Waals surface area contributed by atoms with E-state index in [9.17, 15) is 0 Å². The molecule has 0 radical (unpaired) electrons. The summed E-state index contributed by atoms with van der Waals surface area (Å²) in [5.41, 5.74) is 3.98. The second-order valence-electron chi connectivity index (χ2n) is 5.09. The van der Waals surface area contributed by atoms with E-state index in [-0.39, 0.29) is 0 Å². The maximum Gasteiger partial charge on any atom is 0.0927 e. The predicted octanol–water partition coefficient (Wildman–Crippen LogP) is 5.55. The summed E-state index contributed by atoms with van der Waals surface area (Å²) in [5, 5.41) is 2.49. The normalized spacial score (nSPS) is 9.50. The molecule has 0 aliphatic carbocycles. The zero-order valence-corrected chi connectivity index (χ0v) is 13.6. The fraction of sp³-hybridized carbons (Fsp3) is 0.250. The third-order valence-corrected chi connectivity index (χ3v) is 3.53. The van der Waals surface area contributed by atoms with Crippen LogP contribution in [0.4, 0.5) is 5.69 Å². The molecule has 2 heteroatoms. The molecule has 0 heterocycles. The molecule has 0 amide bonds. The Balaban J connectivity index is 2.33. The van der Waals surface area contributed by atoms with Gasteiger partial charge < -0.3 is 0 Å². The molecular formula is C20H19NS.